The normalized spacial score (nSPS) is 18.3. The maximum atomic E-state index is 2.77. The van der Waals surface area contributed by atoms with Crippen molar-refractivity contribution in [3.05, 3.63) is 273 Å². The fraction of sp³-hybridized carbons (Fsp3) is 0.400. The van der Waals surface area contributed by atoms with E-state index in [9.17, 15) is 0 Å². The van der Waals surface area contributed by atoms with Crippen LogP contribution in [0.2, 0.25) is 0 Å². The zero-order valence-corrected chi connectivity index (χ0v) is 63.3. The van der Waals surface area contributed by atoms with Crippen LogP contribution < -0.4 is 0 Å². The van der Waals surface area contributed by atoms with Crippen LogP contribution in [0.15, 0.2) is 317 Å². The van der Waals surface area contributed by atoms with Crippen molar-refractivity contribution in [2.24, 2.45) is 11.3 Å². The molecule has 0 atom stereocenters. The van der Waals surface area contributed by atoms with E-state index in [1.807, 2.05) is 0 Å². The van der Waals surface area contributed by atoms with Crippen molar-refractivity contribution >= 4 is 32.7 Å². The molecule has 0 radical (unpaired) electrons. The van der Waals surface area contributed by atoms with E-state index in [1.54, 1.807) is 0 Å². The summed E-state index contributed by atoms with van der Waals surface area (Å²) in [6, 6.07) is 99.2. The fourth-order valence-corrected chi connectivity index (χ4v) is 21.1. The van der Waals surface area contributed by atoms with Gasteiger partial charge in [-0.15, -0.1) is 0 Å². The Morgan fingerprint density at radius 2 is 0.394 bits per heavy atom. The van der Waals surface area contributed by atoms with Gasteiger partial charge < -0.3 is 29.4 Å². The van der Waals surface area contributed by atoms with Gasteiger partial charge in [0.05, 0.1) is 32.7 Å². The molecule has 0 N–H and O–H groups in total. The van der Waals surface area contributed by atoms with Gasteiger partial charge in [0, 0.05) is 18.1 Å². The highest BCUT2D eigenvalue weighted by Gasteiger charge is 2.34. The lowest BCUT2D eigenvalue weighted by Crippen LogP contribution is -2.48. The number of benzene rings is 9. The molecule has 6 nitrogen and oxygen atoms in total. The molecule has 6 aliphatic rings. The van der Waals surface area contributed by atoms with Crippen LogP contribution >= 0.6 is 0 Å². The second kappa shape index (κ2) is 41.0. The minimum atomic E-state index is -0.0146. The fourth-order valence-electron chi connectivity index (χ4n) is 14.8. The monoisotopic (exact) mass is 1380 g/mol. The average Bonchev–Trinajstić information content (AvgIpc) is 1.19. The first-order chi connectivity index (χ1) is 48.5. The zero-order chi connectivity index (χ0) is 68.7. The summed E-state index contributed by atoms with van der Waals surface area (Å²) < 4.78 is 0. The van der Waals surface area contributed by atoms with Crippen molar-refractivity contribution in [3.8, 4) is 0 Å². The summed E-state index contributed by atoms with van der Waals surface area (Å²) in [6.45, 7) is 23.2. The molecule has 99 heavy (non-hydrogen) atoms. The zero-order valence-electron chi connectivity index (χ0n) is 60.9. The molecule has 6 saturated heterocycles. The third-order valence-corrected chi connectivity index (χ3v) is 27.4. The molecular weight excluding hydrogens is 1260 g/mol. The van der Waals surface area contributed by atoms with Gasteiger partial charge in [-0.05, 0) is 297 Å². The largest absolute Gasteiger partial charge is 0.306 e. The van der Waals surface area contributed by atoms with E-state index in [0.717, 1.165) is 24.0 Å². The van der Waals surface area contributed by atoms with Crippen LogP contribution in [0.4, 0.5) is 0 Å². The molecule has 0 aromatic heterocycles. The van der Waals surface area contributed by atoms with Crippen molar-refractivity contribution in [1.82, 2.24) is 29.4 Å². The Balaban J connectivity index is 0.000000130. The Kier molecular flexibility index (Phi) is 31.3. The lowest BCUT2D eigenvalue weighted by molar-refractivity contribution is 0.0566. The minimum absolute atomic E-state index is 0.0146. The van der Waals surface area contributed by atoms with Crippen molar-refractivity contribution in [2.45, 2.75) is 166 Å². The van der Waals surface area contributed by atoms with Gasteiger partial charge in [0.25, 0.3) is 0 Å². The van der Waals surface area contributed by atoms with E-state index in [2.05, 4.69) is 344 Å². The molecule has 0 spiro atoms. The smallest absolute Gasteiger partial charge is 0.166 e. The van der Waals surface area contributed by atoms with E-state index < -0.39 is 0 Å². The maximum absolute atomic E-state index is 2.77. The Morgan fingerprint density at radius 1 is 0.222 bits per heavy atom. The van der Waals surface area contributed by atoms with Gasteiger partial charge in [-0.3, -0.25) is 0 Å². The molecule has 6 heterocycles. The molecule has 0 aliphatic carbocycles. The standard InChI is InChI=1S/3C18H15S.C15H30N2.C11H22N2.C10H20N2/c3*1-4-10-16(11-5-1)19(17-12-6-2-7-13-17)18-14-8-3-9-15-18;1-15(2,3)13-5-11-17(12-6-13)14-7-9-16(4)10-8-14;1-12-9-5-11(6-10-12)13-7-3-2-4-8-13;1-11-8-4-10(5-9-11)12-6-2-3-7-12/h3*1-15H;13-14H,5-12H2,1-4H3;11H,2-10H2,1H3;10H,2-9H2,1H3/q3*+1;;;. The van der Waals surface area contributed by atoms with E-state index in [1.165, 1.54) is 206 Å². The van der Waals surface area contributed by atoms with Gasteiger partial charge in [-0.25, -0.2) is 0 Å². The van der Waals surface area contributed by atoms with Crippen LogP contribution in [-0.2, 0) is 32.7 Å². The first kappa shape index (κ1) is 75.5. The Bertz CT molecular complexity index is 2950. The topological polar surface area (TPSA) is 19.4 Å². The van der Waals surface area contributed by atoms with E-state index in [0.29, 0.717) is 5.41 Å². The SMILES string of the molecule is CN1CCC(N2CCC(C(C)(C)C)CC2)CC1.CN1CCC(N2CCCC2)CC1.CN1CCC(N2CCCCC2)CC1.c1ccc([S+](c2ccccc2)c2ccccc2)cc1.c1ccc([S+](c2ccccc2)c2ccccc2)cc1.c1ccc([S+](c2ccccc2)c2ccccc2)cc1. The molecule has 9 heteroatoms. The predicted octanol–water partition coefficient (Wildman–Crippen LogP) is 19.9. The maximum Gasteiger partial charge on any atom is 0.166 e. The predicted molar refractivity (Wildman–Crippen MR) is 426 cm³/mol. The molecule has 6 aliphatic heterocycles. The third-order valence-electron chi connectivity index (χ3n) is 20.7. The van der Waals surface area contributed by atoms with Crippen LogP contribution in [0.3, 0.4) is 0 Å². The molecule has 0 saturated carbocycles. The van der Waals surface area contributed by atoms with E-state index >= 15 is 0 Å². The van der Waals surface area contributed by atoms with Crippen molar-refractivity contribution in [2.75, 3.05) is 99.7 Å². The van der Waals surface area contributed by atoms with Gasteiger partial charge in [0.2, 0.25) is 0 Å². The lowest BCUT2D eigenvalue weighted by Gasteiger charge is -2.44. The summed E-state index contributed by atoms with van der Waals surface area (Å²) in [5.74, 6) is 0.935. The van der Waals surface area contributed by atoms with Crippen LogP contribution in [0.5, 0.6) is 0 Å². The molecule has 6 fully saturated rings. The average molecular weight is 1380 g/mol. The third kappa shape index (κ3) is 24.2. The molecule has 9 aromatic carbocycles. The van der Waals surface area contributed by atoms with Crippen molar-refractivity contribution in [1.29, 1.82) is 0 Å². The summed E-state index contributed by atoms with van der Waals surface area (Å²) in [7, 11) is 6.69. The highest BCUT2D eigenvalue weighted by atomic mass is 32.2. The molecule has 0 bridgehead atoms. The molecule has 9 aromatic rings. The number of likely N-dealkylation sites (tertiary alicyclic amines) is 6. The Labute approximate surface area is 608 Å². The van der Waals surface area contributed by atoms with E-state index in [-0.39, 0.29) is 32.7 Å². The number of nitrogens with zero attached hydrogens (tertiary/aromatic N) is 6. The van der Waals surface area contributed by atoms with Gasteiger partial charge >= 0.3 is 0 Å². The quantitative estimate of drug-likeness (QED) is 0.113. The van der Waals surface area contributed by atoms with Crippen LogP contribution in [-0.4, -0.2) is 147 Å². The van der Waals surface area contributed by atoms with Crippen LogP contribution in [0.1, 0.15) is 104 Å². The highest BCUT2D eigenvalue weighted by molar-refractivity contribution is 7.97. The number of piperidine rings is 5. The van der Waals surface area contributed by atoms with Crippen molar-refractivity contribution in [3.63, 3.8) is 0 Å². The van der Waals surface area contributed by atoms with Gasteiger partial charge in [-0.2, -0.15) is 0 Å². The number of rotatable bonds is 12. The molecular formula is C90H117N6S3+3. The first-order valence-electron chi connectivity index (χ1n) is 37.5. The van der Waals surface area contributed by atoms with Gasteiger partial charge in [-0.1, -0.05) is 191 Å². The lowest BCUT2D eigenvalue weighted by atomic mass is 9.75. The Hall–Kier alpha value is -6.21. The van der Waals surface area contributed by atoms with Crippen LogP contribution in [0, 0.1) is 11.3 Å². The second-order valence-corrected chi connectivity index (χ2v) is 34.9. The van der Waals surface area contributed by atoms with Gasteiger partial charge in [0.1, 0.15) is 0 Å². The summed E-state index contributed by atoms with van der Waals surface area (Å²) >= 11 is 0. The second-order valence-electron chi connectivity index (χ2n) is 28.9. The van der Waals surface area contributed by atoms with E-state index in [4.69, 9.17) is 0 Å². The summed E-state index contributed by atoms with van der Waals surface area (Å²) in [5.41, 5.74) is 0.513. The number of hydrogen-bond acceptors (Lipinski definition) is 6. The molecule has 15 rings (SSSR count). The number of hydrogen-bond donors (Lipinski definition) is 0. The highest BCUT2D eigenvalue weighted by Crippen LogP contribution is 2.37. The minimum Gasteiger partial charge on any atom is -0.306 e. The molecule has 0 unspecified atom stereocenters. The molecule has 0 amide bonds. The first-order valence-corrected chi connectivity index (χ1v) is 41.2. The Morgan fingerprint density at radius 3 is 0.576 bits per heavy atom. The summed E-state index contributed by atoms with van der Waals surface area (Å²) in [5, 5.41) is 0. The molecule has 522 valence electrons. The van der Waals surface area contributed by atoms with Crippen LogP contribution in [0.25, 0.3) is 0 Å². The summed E-state index contributed by atoms with van der Waals surface area (Å²) in [4.78, 5) is 27.8. The van der Waals surface area contributed by atoms with Crippen molar-refractivity contribution < 1.29 is 0 Å². The summed E-state index contributed by atoms with van der Waals surface area (Å²) in [6.07, 6.45) is 18.4. The van der Waals surface area contributed by atoms with Gasteiger partial charge in [0.15, 0.2) is 44.1 Å².